The van der Waals surface area contributed by atoms with Gasteiger partial charge in [0.2, 0.25) is 11.1 Å². The number of hydrogen-bond acceptors (Lipinski definition) is 13. The smallest absolute Gasteiger partial charge is 0.270 e. The predicted octanol–water partition coefficient (Wildman–Crippen LogP) is 7.82. The first-order valence-corrected chi connectivity index (χ1v) is 27.3. The van der Waals surface area contributed by atoms with E-state index in [9.17, 15) is 13.8 Å². The van der Waals surface area contributed by atoms with Gasteiger partial charge in [-0.1, -0.05) is 12.2 Å². The zero-order chi connectivity index (χ0) is 51.5. The van der Waals surface area contributed by atoms with E-state index in [2.05, 4.69) is 101 Å². The minimum atomic E-state index is -1.23. The van der Waals surface area contributed by atoms with E-state index in [4.69, 9.17) is 10.7 Å². The second-order valence-corrected chi connectivity index (χ2v) is 23.3. The van der Waals surface area contributed by atoms with Crippen molar-refractivity contribution in [1.29, 1.82) is 0 Å². The average Bonchev–Trinajstić information content (AvgIpc) is 3.88. The van der Waals surface area contributed by atoms with Gasteiger partial charge >= 0.3 is 0 Å². The van der Waals surface area contributed by atoms with Crippen LogP contribution in [-0.2, 0) is 21.9 Å². The van der Waals surface area contributed by atoms with Crippen LogP contribution in [-0.4, -0.2) is 147 Å². The van der Waals surface area contributed by atoms with E-state index in [1.807, 2.05) is 36.7 Å². The lowest BCUT2D eigenvalue weighted by Crippen LogP contribution is -2.60. The fourth-order valence-corrected chi connectivity index (χ4v) is 11.9. The molecule has 2 aliphatic heterocycles. The van der Waals surface area contributed by atoms with Crippen molar-refractivity contribution in [1.82, 2.24) is 58.6 Å². The van der Waals surface area contributed by atoms with Gasteiger partial charge in [-0.15, -0.1) is 0 Å². The second kappa shape index (κ2) is 19.8. The van der Waals surface area contributed by atoms with E-state index in [1.54, 1.807) is 56.6 Å². The summed E-state index contributed by atoms with van der Waals surface area (Å²) in [7, 11) is 5.87. The molecule has 0 radical (unpaired) electrons. The van der Waals surface area contributed by atoms with Crippen LogP contribution >= 0.6 is 0 Å². The van der Waals surface area contributed by atoms with Gasteiger partial charge in [0.25, 0.3) is 11.8 Å². The summed E-state index contributed by atoms with van der Waals surface area (Å²) in [6.07, 6.45) is 22.3. The van der Waals surface area contributed by atoms with Crippen LogP contribution in [0.2, 0.25) is 0 Å². The molecule has 1 atom stereocenters. The van der Waals surface area contributed by atoms with E-state index in [1.165, 1.54) is 22.3 Å². The number of rotatable bonds is 11. The van der Waals surface area contributed by atoms with Gasteiger partial charge in [-0.3, -0.25) is 23.6 Å². The summed E-state index contributed by atoms with van der Waals surface area (Å²) in [6, 6.07) is 13.0. The van der Waals surface area contributed by atoms with Crippen molar-refractivity contribution < 1.29 is 13.8 Å². The Kier molecular flexibility index (Phi) is 13.6. The highest BCUT2D eigenvalue weighted by Gasteiger charge is 2.60. The van der Waals surface area contributed by atoms with Crippen molar-refractivity contribution in [2.45, 2.75) is 107 Å². The molecule has 2 amide bonds. The molecule has 73 heavy (non-hydrogen) atoms. The molecule has 6 aromatic rings. The van der Waals surface area contributed by atoms with Crippen molar-refractivity contribution in [3.63, 3.8) is 0 Å². The predicted molar refractivity (Wildman–Crippen MR) is 289 cm³/mol. The number of nitrogens with two attached hydrogens (primary N) is 1. The number of nitrogens with one attached hydrogen (secondary N) is 1. The third kappa shape index (κ3) is 9.69. The maximum Gasteiger partial charge on any atom is 0.270 e. The fraction of sp³-hybridized carbons (Fsp3) is 0.491. The van der Waals surface area contributed by atoms with Crippen molar-refractivity contribution in [3.05, 3.63) is 95.9 Å². The standard InChI is InChI=1S/C27H33N7O.C15H18N4O2S.C13H19N3/c1-17(2)33-9-7-19(8-10-33)20-5-6-23(28-15-20)30-26-29-16-21-11-22(25(35)32(3)4)34(24(21)31-26)27-12-18(13-27)14-27;1-18(2)13(20)11-4-10-8-16-14(22(3)21)17-12(10)19(11)15-5-9(6-15)7-15;1-10(2)16-7-5-11(6-8-16)12-3-4-13(14)15-9-12/h5-7,11,15-18H,8-10,12-14H2,1-4H3,(H,28,29,30,31);4,8-9H,5-7H2,1-3H3;3-5,9-10H,6-8H2,1-2H3,(H2,14,15). The average molecular weight is 1010 g/mol. The molecule has 6 aromatic heterocycles. The summed E-state index contributed by atoms with van der Waals surface area (Å²) in [5, 5.41) is 5.32. The maximum absolute atomic E-state index is 13.0. The zero-order valence-electron chi connectivity index (χ0n) is 43.8. The highest BCUT2D eigenvalue weighted by atomic mass is 32.2. The van der Waals surface area contributed by atoms with Crippen molar-refractivity contribution in [2.24, 2.45) is 11.8 Å². The van der Waals surface area contributed by atoms with Gasteiger partial charge in [0, 0.05) is 119 Å². The Morgan fingerprint density at radius 1 is 0.671 bits per heavy atom. The van der Waals surface area contributed by atoms with E-state index >= 15 is 0 Å². The van der Waals surface area contributed by atoms with Crippen LogP contribution in [0.25, 0.3) is 33.2 Å². The largest absolute Gasteiger partial charge is 0.384 e. The summed E-state index contributed by atoms with van der Waals surface area (Å²) in [6.45, 7) is 13.2. The molecule has 384 valence electrons. The number of nitrogen functional groups attached to an aromatic ring is 1. The fourth-order valence-electron chi connectivity index (χ4n) is 11.5. The van der Waals surface area contributed by atoms with E-state index in [0.29, 0.717) is 46.2 Å². The monoisotopic (exact) mass is 1010 g/mol. The first-order chi connectivity index (χ1) is 34.9. The van der Waals surface area contributed by atoms with Gasteiger partial charge in [0.05, 0.1) is 10.8 Å². The molecule has 14 rings (SSSR count). The van der Waals surface area contributed by atoms with Crippen molar-refractivity contribution in [2.75, 3.05) is 71.7 Å². The summed E-state index contributed by atoms with van der Waals surface area (Å²) in [5.74, 6) is 3.36. The van der Waals surface area contributed by atoms with Crippen molar-refractivity contribution >= 4 is 73.4 Å². The lowest BCUT2D eigenvalue weighted by atomic mass is 9.49. The zero-order valence-corrected chi connectivity index (χ0v) is 44.6. The Bertz CT molecular complexity index is 3120. The normalized spacial score (nSPS) is 23.3. The third-order valence-corrected chi connectivity index (χ3v) is 16.7. The number of pyridine rings is 2. The van der Waals surface area contributed by atoms with Crippen LogP contribution in [0, 0.1) is 11.8 Å². The molecular formula is C55H70N14O3S. The van der Waals surface area contributed by atoms with Crippen LogP contribution in [0.5, 0.6) is 0 Å². The van der Waals surface area contributed by atoms with Gasteiger partial charge < -0.3 is 30.0 Å². The van der Waals surface area contributed by atoms with Crippen LogP contribution < -0.4 is 11.1 Å². The molecule has 17 nitrogen and oxygen atoms in total. The molecule has 6 aliphatic carbocycles. The third-order valence-electron chi connectivity index (χ3n) is 16.0. The summed E-state index contributed by atoms with van der Waals surface area (Å²) in [5.41, 5.74) is 13.7. The van der Waals surface area contributed by atoms with Crippen LogP contribution in [0.1, 0.15) is 111 Å². The maximum atomic E-state index is 13.0. The van der Waals surface area contributed by atoms with E-state index < -0.39 is 10.8 Å². The first-order valence-electron chi connectivity index (χ1n) is 25.8. The number of carbonyl (C=O) groups is 2. The van der Waals surface area contributed by atoms with Crippen molar-refractivity contribution in [3.8, 4) is 0 Å². The molecular weight excluding hydrogens is 937 g/mol. The molecule has 8 aliphatic rings. The van der Waals surface area contributed by atoms with Gasteiger partial charge in [-0.25, -0.2) is 24.9 Å². The Morgan fingerprint density at radius 3 is 1.53 bits per heavy atom. The van der Waals surface area contributed by atoms with Gasteiger partial charge in [-0.05, 0) is 150 Å². The SMILES string of the molecule is CC(C)N1CC=C(c2ccc(N)nc2)CC1.CC(C)N1CC=C(c2ccc(Nc3ncc4cc(C(=O)N(C)C)n(C56CC(C5)C6)c4n3)nc2)CC1.CN(C)C(=O)c1cc2cnc(S(C)=O)nc2n1C12CC(C1)C2. The lowest BCUT2D eigenvalue weighted by molar-refractivity contribution is -0.0871. The number of carbonyl (C=O) groups excluding carboxylic acids is 2. The molecule has 0 saturated heterocycles. The summed E-state index contributed by atoms with van der Waals surface area (Å²) >= 11 is 0. The molecule has 1 unspecified atom stereocenters. The Hall–Kier alpha value is -6.37. The lowest BCUT2D eigenvalue weighted by Gasteiger charge is -2.62. The number of fused-ring (bicyclic) bond motifs is 2. The molecule has 6 fully saturated rings. The van der Waals surface area contributed by atoms with E-state index in [0.717, 1.165) is 111 Å². The molecule has 3 N–H and O–H groups in total. The first kappa shape index (κ1) is 50.2. The topological polar surface area (TPSA) is 189 Å². The minimum absolute atomic E-state index is 0.00743. The number of hydrogen-bond donors (Lipinski definition) is 2. The van der Waals surface area contributed by atoms with Gasteiger partial charge in [0.15, 0.2) is 0 Å². The number of nitrogens with zero attached hydrogens (tertiary/aromatic N) is 12. The van der Waals surface area contributed by atoms with E-state index in [-0.39, 0.29) is 22.9 Å². The quantitative estimate of drug-likeness (QED) is 0.120. The number of anilines is 3. The number of aromatic nitrogens is 8. The Balaban J connectivity index is 0.000000137. The van der Waals surface area contributed by atoms with Gasteiger partial charge in [-0.2, -0.15) is 4.98 Å². The van der Waals surface area contributed by atoms with Gasteiger partial charge in [0.1, 0.15) is 34.3 Å². The number of amides is 2. The Labute approximate surface area is 430 Å². The Morgan fingerprint density at radius 2 is 1.15 bits per heavy atom. The molecule has 8 heterocycles. The molecule has 18 heteroatoms. The van der Waals surface area contributed by atoms with Crippen LogP contribution in [0.3, 0.4) is 0 Å². The molecule has 0 spiro atoms. The highest BCUT2D eigenvalue weighted by Crippen LogP contribution is 2.64. The summed E-state index contributed by atoms with van der Waals surface area (Å²) < 4.78 is 16.0. The summed E-state index contributed by atoms with van der Waals surface area (Å²) in [4.78, 5) is 60.5. The molecule has 4 bridgehead atoms. The molecule has 0 aromatic carbocycles. The second-order valence-electron chi connectivity index (χ2n) is 22.1. The van der Waals surface area contributed by atoms with Crippen LogP contribution in [0.15, 0.2) is 78.5 Å². The highest BCUT2D eigenvalue weighted by molar-refractivity contribution is 7.84. The molecule has 6 saturated carbocycles. The van der Waals surface area contributed by atoms with Crippen LogP contribution in [0.4, 0.5) is 17.6 Å². The minimum Gasteiger partial charge on any atom is -0.384 e.